The van der Waals surface area contributed by atoms with Crippen molar-refractivity contribution in [3.05, 3.63) is 60.2 Å². The molecule has 0 aromatic heterocycles. The van der Waals surface area contributed by atoms with Crippen molar-refractivity contribution in [1.29, 1.82) is 0 Å². The number of nitrogens with one attached hydrogen (secondary N) is 1. The highest BCUT2D eigenvalue weighted by molar-refractivity contribution is 6.05. The second-order valence-corrected chi connectivity index (χ2v) is 7.91. The Labute approximate surface area is 176 Å². The number of imide groups is 1. The normalized spacial score (nSPS) is 20.7. The predicted molar refractivity (Wildman–Crippen MR) is 112 cm³/mol. The first-order chi connectivity index (χ1) is 14.6. The van der Waals surface area contributed by atoms with Gasteiger partial charge in [0.25, 0.3) is 0 Å². The lowest BCUT2D eigenvalue weighted by Gasteiger charge is -2.19. The van der Waals surface area contributed by atoms with E-state index in [9.17, 15) is 14.4 Å². The van der Waals surface area contributed by atoms with Crippen LogP contribution >= 0.6 is 0 Å². The second-order valence-electron chi connectivity index (χ2n) is 7.91. The minimum absolute atomic E-state index is 0.0942. The Morgan fingerprint density at radius 2 is 1.60 bits per heavy atom. The molecule has 3 amide bonds. The van der Waals surface area contributed by atoms with Crippen molar-refractivity contribution in [2.75, 3.05) is 6.54 Å². The van der Waals surface area contributed by atoms with Crippen LogP contribution in [-0.2, 0) is 20.9 Å². The molecule has 156 valence electrons. The van der Waals surface area contributed by atoms with Gasteiger partial charge in [0.15, 0.2) is 0 Å². The molecule has 0 radical (unpaired) electrons. The molecule has 6 heteroatoms. The van der Waals surface area contributed by atoms with Crippen LogP contribution < -0.4 is 10.1 Å². The van der Waals surface area contributed by atoms with E-state index in [2.05, 4.69) is 5.32 Å². The zero-order valence-corrected chi connectivity index (χ0v) is 16.9. The van der Waals surface area contributed by atoms with Crippen LogP contribution in [-0.4, -0.2) is 29.2 Å². The topological polar surface area (TPSA) is 75.7 Å². The summed E-state index contributed by atoms with van der Waals surface area (Å²) in [5.74, 6) is 0.748. The van der Waals surface area contributed by atoms with Gasteiger partial charge in [-0.25, -0.2) is 0 Å². The molecule has 0 bridgehead atoms. The van der Waals surface area contributed by atoms with Crippen LogP contribution in [0.1, 0.15) is 37.7 Å². The van der Waals surface area contributed by atoms with Crippen LogP contribution in [0.15, 0.2) is 54.6 Å². The third-order valence-corrected chi connectivity index (χ3v) is 5.86. The Hall–Kier alpha value is -3.15. The van der Waals surface area contributed by atoms with Crippen LogP contribution in [0, 0.1) is 11.8 Å². The molecule has 1 aliphatic heterocycles. The summed E-state index contributed by atoms with van der Waals surface area (Å²) in [6.45, 7) is 0.519. The number of carbonyl (C=O) groups excluding carboxylic acids is 3. The molecule has 30 heavy (non-hydrogen) atoms. The largest absolute Gasteiger partial charge is 0.457 e. The van der Waals surface area contributed by atoms with Crippen LogP contribution in [0.5, 0.6) is 11.5 Å². The van der Waals surface area contributed by atoms with Crippen LogP contribution in [0.25, 0.3) is 0 Å². The molecule has 4 rings (SSSR count). The highest BCUT2D eigenvalue weighted by Gasteiger charge is 2.47. The van der Waals surface area contributed by atoms with E-state index in [0.717, 1.165) is 37.0 Å². The number of nitrogens with zero attached hydrogens (tertiary/aromatic N) is 1. The minimum Gasteiger partial charge on any atom is -0.457 e. The average Bonchev–Trinajstić information content (AvgIpc) is 3.02. The molecule has 1 N–H and O–H groups in total. The van der Waals surface area contributed by atoms with Crippen LogP contribution in [0.3, 0.4) is 0 Å². The zero-order valence-electron chi connectivity index (χ0n) is 16.9. The van der Waals surface area contributed by atoms with Crippen molar-refractivity contribution >= 4 is 17.7 Å². The van der Waals surface area contributed by atoms with Crippen molar-refractivity contribution in [1.82, 2.24) is 10.2 Å². The summed E-state index contributed by atoms with van der Waals surface area (Å²) in [6, 6.07) is 17.0. The summed E-state index contributed by atoms with van der Waals surface area (Å²) in [5, 5.41) is 2.86. The molecule has 1 aliphatic carbocycles. The highest BCUT2D eigenvalue weighted by atomic mass is 16.5. The van der Waals surface area contributed by atoms with E-state index in [1.165, 1.54) is 4.90 Å². The number of benzene rings is 2. The molecule has 1 saturated heterocycles. The molecule has 1 heterocycles. The summed E-state index contributed by atoms with van der Waals surface area (Å²) < 4.78 is 5.82. The molecule has 2 aromatic carbocycles. The summed E-state index contributed by atoms with van der Waals surface area (Å²) >= 11 is 0. The standard InChI is InChI=1S/C24H26N2O4/c27-22(13-14-26-23(28)20-11-4-5-12-21(20)24(26)29)25-16-17-7-6-10-19(15-17)30-18-8-2-1-3-9-18/h1-3,6-10,15,20-21H,4-5,11-14,16H2,(H,25,27). The smallest absolute Gasteiger partial charge is 0.233 e. The number of fused-ring (bicyclic) bond motifs is 1. The number of amides is 3. The fourth-order valence-corrected chi connectivity index (χ4v) is 4.30. The average molecular weight is 406 g/mol. The minimum atomic E-state index is -0.181. The van der Waals surface area contributed by atoms with Crippen molar-refractivity contribution in [2.24, 2.45) is 11.8 Å². The lowest BCUT2D eigenvalue weighted by molar-refractivity contribution is -0.140. The van der Waals surface area contributed by atoms with Gasteiger partial charge in [-0.2, -0.15) is 0 Å². The number of likely N-dealkylation sites (tertiary alicyclic amines) is 1. The summed E-state index contributed by atoms with van der Waals surface area (Å²) in [5.41, 5.74) is 0.913. The van der Waals surface area contributed by atoms with Gasteiger partial charge in [0.2, 0.25) is 17.7 Å². The molecule has 2 unspecified atom stereocenters. The molecule has 2 aromatic rings. The highest BCUT2D eigenvalue weighted by Crippen LogP contribution is 2.37. The van der Waals surface area contributed by atoms with Gasteiger partial charge in [0.1, 0.15) is 11.5 Å². The molecular weight excluding hydrogens is 380 g/mol. The first-order valence-corrected chi connectivity index (χ1v) is 10.6. The number of para-hydroxylation sites is 1. The molecule has 6 nitrogen and oxygen atoms in total. The van der Waals surface area contributed by atoms with E-state index in [1.54, 1.807) is 0 Å². The maximum atomic E-state index is 12.5. The fraction of sp³-hybridized carbons (Fsp3) is 0.375. The van der Waals surface area contributed by atoms with Crippen LogP contribution in [0.2, 0.25) is 0 Å². The summed E-state index contributed by atoms with van der Waals surface area (Å²) in [4.78, 5) is 38.6. The van der Waals surface area contributed by atoms with Gasteiger partial charge >= 0.3 is 0 Å². The molecule has 0 spiro atoms. The van der Waals surface area contributed by atoms with Gasteiger partial charge in [-0.05, 0) is 42.7 Å². The fourth-order valence-electron chi connectivity index (χ4n) is 4.30. The van der Waals surface area contributed by atoms with Gasteiger partial charge in [0.05, 0.1) is 11.8 Å². The quantitative estimate of drug-likeness (QED) is 0.712. The second kappa shape index (κ2) is 9.11. The maximum Gasteiger partial charge on any atom is 0.233 e. The molecule has 2 atom stereocenters. The lowest BCUT2D eigenvalue weighted by atomic mass is 9.81. The van der Waals surface area contributed by atoms with Gasteiger partial charge in [-0.1, -0.05) is 43.2 Å². The summed E-state index contributed by atoms with van der Waals surface area (Å²) in [7, 11) is 0. The van der Waals surface area contributed by atoms with Crippen molar-refractivity contribution in [3.8, 4) is 11.5 Å². The van der Waals surface area contributed by atoms with E-state index in [0.29, 0.717) is 12.3 Å². The van der Waals surface area contributed by atoms with Gasteiger partial charge in [0, 0.05) is 19.5 Å². The third-order valence-electron chi connectivity index (χ3n) is 5.86. The van der Waals surface area contributed by atoms with Crippen LogP contribution in [0.4, 0.5) is 0 Å². The number of hydrogen-bond donors (Lipinski definition) is 1. The van der Waals surface area contributed by atoms with E-state index in [-0.39, 0.29) is 42.5 Å². The van der Waals surface area contributed by atoms with Gasteiger partial charge < -0.3 is 10.1 Å². The number of ether oxygens (including phenoxy) is 1. The van der Waals surface area contributed by atoms with Crippen molar-refractivity contribution in [2.45, 2.75) is 38.6 Å². The monoisotopic (exact) mass is 406 g/mol. The molecular formula is C24H26N2O4. The Morgan fingerprint density at radius 3 is 2.30 bits per heavy atom. The first-order valence-electron chi connectivity index (χ1n) is 10.6. The number of hydrogen-bond acceptors (Lipinski definition) is 4. The van der Waals surface area contributed by atoms with E-state index >= 15 is 0 Å². The number of rotatable bonds is 7. The van der Waals surface area contributed by atoms with Crippen molar-refractivity contribution < 1.29 is 19.1 Å². The van der Waals surface area contributed by atoms with Gasteiger partial charge in [-0.15, -0.1) is 0 Å². The van der Waals surface area contributed by atoms with E-state index in [4.69, 9.17) is 4.74 Å². The number of carbonyl (C=O) groups is 3. The predicted octanol–water partition coefficient (Wildman–Crippen LogP) is 3.66. The van der Waals surface area contributed by atoms with Gasteiger partial charge in [-0.3, -0.25) is 19.3 Å². The van der Waals surface area contributed by atoms with Crippen molar-refractivity contribution in [3.63, 3.8) is 0 Å². The molecule has 1 saturated carbocycles. The SMILES string of the molecule is O=C(CCN1C(=O)C2CCCCC2C1=O)NCc1cccc(Oc2ccccc2)c1. The first kappa shape index (κ1) is 20.1. The Balaban J connectivity index is 1.26. The lowest BCUT2D eigenvalue weighted by Crippen LogP contribution is -2.35. The Bertz CT molecular complexity index is 904. The summed E-state index contributed by atoms with van der Waals surface area (Å²) in [6.07, 6.45) is 3.71. The Morgan fingerprint density at radius 1 is 0.933 bits per heavy atom. The maximum absolute atomic E-state index is 12.5. The Kier molecular flexibility index (Phi) is 6.12. The van der Waals surface area contributed by atoms with E-state index in [1.807, 2.05) is 54.6 Å². The van der Waals surface area contributed by atoms with E-state index < -0.39 is 0 Å². The third kappa shape index (κ3) is 4.53. The molecule has 2 aliphatic rings. The zero-order chi connectivity index (χ0) is 20.9. The molecule has 2 fully saturated rings.